The largest absolute Gasteiger partial charge is 0.490 e. The van der Waals surface area contributed by atoms with Crippen LogP contribution >= 0.6 is 0 Å². The number of aryl methyl sites for hydroxylation is 1. The van der Waals surface area contributed by atoms with E-state index in [0.717, 1.165) is 12.7 Å². The maximum absolute atomic E-state index is 12.9. The molecule has 7 nitrogen and oxygen atoms in total. The average molecular weight is 414 g/mol. The molecule has 8 heteroatoms. The van der Waals surface area contributed by atoms with Crippen LogP contribution in [0, 0.1) is 6.92 Å². The van der Waals surface area contributed by atoms with Crippen molar-refractivity contribution in [3.63, 3.8) is 0 Å². The molecule has 2 aromatic carbocycles. The molecule has 0 amide bonds. The molecular weight excluding hydrogens is 392 g/mol. The Labute approximate surface area is 169 Å². The predicted octanol–water partition coefficient (Wildman–Crippen LogP) is 2.97. The van der Waals surface area contributed by atoms with Crippen LogP contribution in [0.2, 0.25) is 0 Å². The average Bonchev–Trinajstić information content (AvgIpc) is 3.08. The Morgan fingerprint density at radius 1 is 1.03 bits per heavy atom. The van der Waals surface area contributed by atoms with E-state index in [9.17, 15) is 13.2 Å². The van der Waals surface area contributed by atoms with Crippen molar-refractivity contribution >= 4 is 21.0 Å². The number of para-hydroxylation sites is 1. The van der Waals surface area contributed by atoms with Gasteiger partial charge in [-0.1, -0.05) is 12.1 Å². The summed E-state index contributed by atoms with van der Waals surface area (Å²) in [4.78, 5) is 17.4. The number of hydrogen-bond donors (Lipinski definition) is 0. The smallest absolute Gasteiger partial charge is 0.265 e. The molecule has 1 aromatic heterocycles. The summed E-state index contributed by atoms with van der Waals surface area (Å²) in [7, 11) is -3.46. The van der Waals surface area contributed by atoms with Crippen LogP contribution in [-0.4, -0.2) is 36.4 Å². The number of rotatable bonds is 5. The maximum Gasteiger partial charge on any atom is 0.265 e. The van der Waals surface area contributed by atoms with Crippen molar-refractivity contribution in [2.45, 2.75) is 38.4 Å². The van der Waals surface area contributed by atoms with E-state index in [1.165, 1.54) is 0 Å². The minimum absolute atomic E-state index is 0.0978. The molecule has 1 heterocycles. The first-order valence-electron chi connectivity index (χ1n) is 9.44. The van der Waals surface area contributed by atoms with Crippen LogP contribution in [0.4, 0.5) is 0 Å². The summed E-state index contributed by atoms with van der Waals surface area (Å²) in [6, 6.07) is 14.5. The standard InChI is InChI=1S/C21H22N2O5S/c1-14-22-20-6-4-3-5-19(20)21(24)23(14)15-7-9-16(10-8-15)27-17-11-12-18(13-17)28-29(2,25)26/h3-10,17-18H,11-13H2,1-2H3. The van der Waals surface area contributed by atoms with Gasteiger partial charge in [-0.05, 0) is 56.2 Å². The SMILES string of the molecule is Cc1nc2ccccc2c(=O)n1-c1ccc(OC2CCC(OS(C)(=O)=O)C2)cc1. The number of fused-ring (bicyclic) bond motifs is 1. The first-order chi connectivity index (χ1) is 13.8. The lowest BCUT2D eigenvalue weighted by atomic mass is 10.2. The van der Waals surface area contributed by atoms with Gasteiger partial charge in [-0.15, -0.1) is 0 Å². The zero-order valence-electron chi connectivity index (χ0n) is 16.2. The van der Waals surface area contributed by atoms with Gasteiger partial charge in [-0.2, -0.15) is 8.42 Å². The van der Waals surface area contributed by atoms with E-state index >= 15 is 0 Å². The monoisotopic (exact) mass is 414 g/mol. The minimum atomic E-state index is -3.46. The molecule has 152 valence electrons. The summed E-state index contributed by atoms with van der Waals surface area (Å²) < 4.78 is 35.1. The van der Waals surface area contributed by atoms with Crippen LogP contribution in [0.15, 0.2) is 53.3 Å². The zero-order chi connectivity index (χ0) is 20.6. The highest BCUT2D eigenvalue weighted by atomic mass is 32.2. The lowest BCUT2D eigenvalue weighted by Gasteiger charge is -2.15. The molecule has 0 aliphatic heterocycles. The van der Waals surface area contributed by atoms with Gasteiger partial charge in [-0.3, -0.25) is 13.5 Å². The fourth-order valence-electron chi connectivity index (χ4n) is 3.76. The van der Waals surface area contributed by atoms with Gasteiger partial charge in [0.2, 0.25) is 0 Å². The van der Waals surface area contributed by atoms with E-state index in [1.807, 2.05) is 30.3 Å². The molecule has 2 atom stereocenters. The van der Waals surface area contributed by atoms with E-state index in [-0.39, 0.29) is 17.8 Å². The van der Waals surface area contributed by atoms with E-state index in [4.69, 9.17) is 8.92 Å². The van der Waals surface area contributed by atoms with Crippen molar-refractivity contribution in [1.29, 1.82) is 0 Å². The summed E-state index contributed by atoms with van der Waals surface area (Å²) >= 11 is 0. The molecule has 2 unspecified atom stereocenters. The van der Waals surface area contributed by atoms with Crippen LogP contribution in [-0.2, 0) is 14.3 Å². The number of aromatic nitrogens is 2. The quantitative estimate of drug-likeness (QED) is 0.597. The summed E-state index contributed by atoms with van der Waals surface area (Å²) in [5.41, 5.74) is 1.28. The topological polar surface area (TPSA) is 87.5 Å². The van der Waals surface area contributed by atoms with E-state index in [0.29, 0.717) is 41.0 Å². The van der Waals surface area contributed by atoms with Gasteiger partial charge in [0.15, 0.2) is 0 Å². The highest BCUT2D eigenvalue weighted by molar-refractivity contribution is 7.86. The van der Waals surface area contributed by atoms with Crippen molar-refractivity contribution in [2.75, 3.05) is 6.26 Å². The van der Waals surface area contributed by atoms with Gasteiger partial charge >= 0.3 is 0 Å². The van der Waals surface area contributed by atoms with Gasteiger partial charge in [0.05, 0.1) is 29.0 Å². The first kappa shape index (κ1) is 19.6. The van der Waals surface area contributed by atoms with Crippen LogP contribution in [0.25, 0.3) is 16.6 Å². The maximum atomic E-state index is 12.9. The number of benzene rings is 2. The fourth-order valence-corrected chi connectivity index (χ4v) is 4.43. The van der Waals surface area contributed by atoms with Crippen molar-refractivity contribution in [1.82, 2.24) is 9.55 Å². The third-order valence-electron chi connectivity index (χ3n) is 4.99. The second-order valence-corrected chi connectivity index (χ2v) is 8.89. The molecule has 1 aliphatic rings. The molecule has 1 aliphatic carbocycles. The van der Waals surface area contributed by atoms with E-state index in [1.54, 1.807) is 29.7 Å². The normalized spacial score (nSPS) is 19.5. The van der Waals surface area contributed by atoms with Crippen molar-refractivity contribution < 1.29 is 17.3 Å². The number of ether oxygens (including phenoxy) is 1. The molecule has 3 aromatic rings. The van der Waals surface area contributed by atoms with Gasteiger partial charge in [0.1, 0.15) is 17.7 Å². The second-order valence-electron chi connectivity index (χ2n) is 7.29. The van der Waals surface area contributed by atoms with Gasteiger partial charge < -0.3 is 4.74 Å². The molecule has 0 spiro atoms. The molecule has 0 saturated heterocycles. The van der Waals surface area contributed by atoms with E-state index in [2.05, 4.69) is 4.98 Å². The van der Waals surface area contributed by atoms with E-state index < -0.39 is 10.1 Å². The summed E-state index contributed by atoms with van der Waals surface area (Å²) in [6.45, 7) is 1.80. The molecule has 29 heavy (non-hydrogen) atoms. The lowest BCUT2D eigenvalue weighted by Crippen LogP contribution is -2.22. The van der Waals surface area contributed by atoms with Crippen molar-refractivity contribution in [3.05, 3.63) is 64.7 Å². The zero-order valence-corrected chi connectivity index (χ0v) is 17.1. The first-order valence-corrected chi connectivity index (χ1v) is 11.3. The molecule has 1 fully saturated rings. The molecule has 0 bridgehead atoms. The Balaban J connectivity index is 1.52. The highest BCUT2D eigenvalue weighted by Gasteiger charge is 2.29. The highest BCUT2D eigenvalue weighted by Crippen LogP contribution is 2.28. The third kappa shape index (κ3) is 4.33. The lowest BCUT2D eigenvalue weighted by molar-refractivity contribution is 0.171. The van der Waals surface area contributed by atoms with Gasteiger partial charge in [0, 0.05) is 6.42 Å². The van der Waals surface area contributed by atoms with Crippen LogP contribution in [0.1, 0.15) is 25.1 Å². The van der Waals surface area contributed by atoms with Crippen molar-refractivity contribution in [2.24, 2.45) is 0 Å². The predicted molar refractivity (Wildman–Crippen MR) is 110 cm³/mol. The Kier molecular flexibility index (Phi) is 5.14. The molecular formula is C21H22N2O5S. The fraction of sp³-hybridized carbons (Fsp3) is 0.333. The summed E-state index contributed by atoms with van der Waals surface area (Å²) in [5, 5.41) is 0.571. The number of hydrogen-bond acceptors (Lipinski definition) is 6. The molecule has 4 rings (SSSR count). The summed E-state index contributed by atoms with van der Waals surface area (Å²) in [6.07, 6.45) is 2.54. The van der Waals surface area contributed by atoms with Crippen LogP contribution in [0.3, 0.4) is 0 Å². The van der Waals surface area contributed by atoms with Crippen LogP contribution in [0.5, 0.6) is 5.75 Å². The van der Waals surface area contributed by atoms with Gasteiger partial charge in [0.25, 0.3) is 15.7 Å². The Bertz CT molecular complexity index is 1200. The van der Waals surface area contributed by atoms with Crippen molar-refractivity contribution in [3.8, 4) is 11.4 Å². The molecule has 0 radical (unpaired) electrons. The summed E-state index contributed by atoms with van der Waals surface area (Å²) in [5.74, 6) is 1.28. The Hall–Kier alpha value is -2.71. The minimum Gasteiger partial charge on any atom is -0.490 e. The Morgan fingerprint density at radius 3 is 2.45 bits per heavy atom. The third-order valence-corrected chi connectivity index (χ3v) is 5.61. The second kappa shape index (κ2) is 7.61. The molecule has 1 saturated carbocycles. The van der Waals surface area contributed by atoms with Crippen LogP contribution < -0.4 is 10.3 Å². The Morgan fingerprint density at radius 2 is 1.72 bits per heavy atom. The number of nitrogens with zero attached hydrogens (tertiary/aromatic N) is 2. The van der Waals surface area contributed by atoms with Gasteiger partial charge in [-0.25, -0.2) is 4.98 Å². The molecule has 0 N–H and O–H groups in total.